The fourth-order valence-corrected chi connectivity index (χ4v) is 0.812. The molecule has 1 aromatic heterocycles. The highest BCUT2D eigenvalue weighted by Crippen LogP contribution is 2.14. The van der Waals surface area contributed by atoms with E-state index in [0.717, 1.165) is 12.3 Å². The summed E-state index contributed by atoms with van der Waals surface area (Å²) in [5.41, 5.74) is 0.934. The number of rotatable bonds is 1. The number of amides is 1. The Labute approximate surface area is 71.9 Å². The molecule has 1 heterocycles. The third kappa shape index (κ3) is 1.51. The molecule has 0 spiro atoms. The van der Waals surface area contributed by atoms with E-state index in [1.807, 2.05) is 0 Å². The van der Waals surface area contributed by atoms with Gasteiger partial charge in [0.05, 0.1) is 5.56 Å². The molecule has 0 aromatic carbocycles. The number of hydrogen-bond donors (Lipinski definition) is 2. The van der Waals surface area contributed by atoms with E-state index in [2.05, 4.69) is 4.98 Å². The SMILES string of the molecule is O=C(NO)c1ccnc(Cl)c1F. The van der Waals surface area contributed by atoms with Crippen LogP contribution in [0.5, 0.6) is 0 Å². The van der Waals surface area contributed by atoms with Gasteiger partial charge in [-0.15, -0.1) is 0 Å². The van der Waals surface area contributed by atoms with Crippen molar-refractivity contribution in [3.63, 3.8) is 0 Å². The summed E-state index contributed by atoms with van der Waals surface area (Å²) in [5, 5.41) is 7.77. The van der Waals surface area contributed by atoms with Crippen LogP contribution in [-0.2, 0) is 0 Å². The summed E-state index contributed by atoms with van der Waals surface area (Å²) in [6.07, 6.45) is 1.16. The van der Waals surface area contributed by atoms with Crippen LogP contribution in [-0.4, -0.2) is 16.1 Å². The standard InChI is InChI=1S/C6H4ClFN2O2/c7-5-4(8)3(1-2-9-5)6(11)10-12/h1-2,12H,(H,10,11). The van der Waals surface area contributed by atoms with E-state index in [4.69, 9.17) is 16.8 Å². The van der Waals surface area contributed by atoms with Crippen molar-refractivity contribution in [1.29, 1.82) is 0 Å². The third-order valence-electron chi connectivity index (χ3n) is 1.19. The van der Waals surface area contributed by atoms with Gasteiger partial charge in [0.25, 0.3) is 5.91 Å². The van der Waals surface area contributed by atoms with Gasteiger partial charge in [-0.1, -0.05) is 11.6 Å². The van der Waals surface area contributed by atoms with Crippen LogP contribution < -0.4 is 5.48 Å². The lowest BCUT2D eigenvalue weighted by Crippen LogP contribution is -2.20. The Kier molecular flexibility index (Phi) is 2.57. The minimum atomic E-state index is -0.961. The van der Waals surface area contributed by atoms with Gasteiger partial charge in [-0.2, -0.15) is 0 Å². The lowest BCUT2D eigenvalue weighted by Gasteiger charge is -1.99. The van der Waals surface area contributed by atoms with Gasteiger partial charge in [-0.05, 0) is 6.07 Å². The molecule has 0 bridgehead atoms. The van der Waals surface area contributed by atoms with Gasteiger partial charge < -0.3 is 0 Å². The molecule has 6 heteroatoms. The van der Waals surface area contributed by atoms with Crippen LogP contribution in [0.1, 0.15) is 10.4 Å². The molecule has 0 fully saturated rings. The second kappa shape index (κ2) is 3.46. The summed E-state index contributed by atoms with van der Waals surface area (Å²) in [7, 11) is 0. The van der Waals surface area contributed by atoms with Crippen LogP contribution in [0.2, 0.25) is 5.15 Å². The first kappa shape index (κ1) is 8.89. The van der Waals surface area contributed by atoms with Crippen molar-refractivity contribution in [3.05, 3.63) is 28.8 Å². The van der Waals surface area contributed by atoms with Gasteiger partial charge in [0, 0.05) is 6.20 Å². The molecule has 0 saturated carbocycles. The Morgan fingerprint density at radius 3 is 3.00 bits per heavy atom. The third-order valence-corrected chi connectivity index (χ3v) is 1.46. The second-order valence-corrected chi connectivity index (χ2v) is 2.26. The zero-order valence-corrected chi connectivity index (χ0v) is 6.47. The molecule has 0 aliphatic rings. The molecule has 0 aliphatic carbocycles. The highest BCUT2D eigenvalue weighted by molar-refractivity contribution is 6.29. The molecule has 2 N–H and O–H groups in total. The first-order valence-corrected chi connectivity index (χ1v) is 3.29. The summed E-state index contributed by atoms with van der Waals surface area (Å²) < 4.78 is 12.9. The maximum Gasteiger partial charge on any atom is 0.277 e. The smallest absolute Gasteiger partial charge is 0.277 e. The van der Waals surface area contributed by atoms with Crippen molar-refractivity contribution in [2.45, 2.75) is 0 Å². The van der Waals surface area contributed by atoms with Crippen molar-refractivity contribution in [1.82, 2.24) is 10.5 Å². The first-order valence-electron chi connectivity index (χ1n) is 2.91. The lowest BCUT2D eigenvalue weighted by atomic mass is 10.2. The molecule has 0 unspecified atom stereocenters. The van der Waals surface area contributed by atoms with Crippen molar-refractivity contribution >= 4 is 17.5 Å². The van der Waals surface area contributed by atoms with E-state index in [1.165, 1.54) is 5.48 Å². The molecule has 12 heavy (non-hydrogen) atoms. The molecule has 0 aliphatic heterocycles. The highest BCUT2D eigenvalue weighted by atomic mass is 35.5. The van der Waals surface area contributed by atoms with E-state index in [1.54, 1.807) is 0 Å². The predicted octanol–water partition coefficient (Wildman–Crippen LogP) is 0.993. The monoisotopic (exact) mass is 190 g/mol. The van der Waals surface area contributed by atoms with Crippen LogP contribution in [0.15, 0.2) is 12.3 Å². The molecule has 0 atom stereocenters. The molecule has 64 valence electrons. The van der Waals surface area contributed by atoms with Gasteiger partial charge in [0.2, 0.25) is 0 Å². The zero-order chi connectivity index (χ0) is 9.14. The van der Waals surface area contributed by atoms with Gasteiger partial charge in [-0.3, -0.25) is 10.0 Å². The molecular formula is C6H4ClFN2O2. The topological polar surface area (TPSA) is 62.2 Å². The Morgan fingerprint density at radius 1 is 1.75 bits per heavy atom. The van der Waals surface area contributed by atoms with E-state index < -0.39 is 16.9 Å². The quantitative estimate of drug-likeness (QED) is 0.394. The average Bonchev–Trinajstić information content (AvgIpc) is 2.08. The van der Waals surface area contributed by atoms with Crippen molar-refractivity contribution in [3.8, 4) is 0 Å². The average molecular weight is 191 g/mol. The molecule has 4 nitrogen and oxygen atoms in total. The molecule has 1 aromatic rings. The number of carbonyl (C=O) groups excluding carboxylic acids is 1. The minimum Gasteiger partial charge on any atom is -0.288 e. The number of hydroxylamine groups is 1. The maximum atomic E-state index is 12.9. The fraction of sp³-hybridized carbons (Fsp3) is 0. The molecule has 0 radical (unpaired) electrons. The number of halogens is 2. The van der Waals surface area contributed by atoms with Crippen molar-refractivity contribution < 1.29 is 14.4 Å². The molecule has 0 saturated heterocycles. The number of aromatic nitrogens is 1. The van der Waals surface area contributed by atoms with Crippen LogP contribution in [0.3, 0.4) is 0 Å². The number of hydrogen-bond acceptors (Lipinski definition) is 3. The largest absolute Gasteiger partial charge is 0.288 e. The summed E-state index contributed by atoms with van der Waals surface area (Å²) in [6, 6.07) is 1.10. The normalized spacial score (nSPS) is 9.58. The maximum absolute atomic E-state index is 12.9. The van der Waals surface area contributed by atoms with Crippen LogP contribution in [0.25, 0.3) is 0 Å². The van der Waals surface area contributed by atoms with E-state index in [0.29, 0.717) is 0 Å². The van der Waals surface area contributed by atoms with Crippen LogP contribution >= 0.6 is 11.6 Å². The van der Waals surface area contributed by atoms with E-state index in [9.17, 15) is 9.18 Å². The molecule has 1 amide bonds. The number of carbonyl (C=O) groups is 1. The first-order chi connectivity index (χ1) is 5.66. The summed E-state index contributed by atoms with van der Waals surface area (Å²) in [5.74, 6) is -1.91. The van der Waals surface area contributed by atoms with Gasteiger partial charge >= 0.3 is 0 Å². The lowest BCUT2D eigenvalue weighted by molar-refractivity contribution is 0.0701. The van der Waals surface area contributed by atoms with Crippen LogP contribution in [0, 0.1) is 5.82 Å². The van der Waals surface area contributed by atoms with E-state index in [-0.39, 0.29) is 5.56 Å². The summed E-state index contributed by atoms with van der Waals surface area (Å²) in [4.78, 5) is 14.1. The number of nitrogens with one attached hydrogen (secondary N) is 1. The van der Waals surface area contributed by atoms with Crippen molar-refractivity contribution in [2.24, 2.45) is 0 Å². The fourth-order valence-electron chi connectivity index (χ4n) is 0.654. The van der Waals surface area contributed by atoms with E-state index >= 15 is 0 Å². The predicted molar refractivity (Wildman–Crippen MR) is 38.5 cm³/mol. The summed E-state index contributed by atoms with van der Waals surface area (Å²) >= 11 is 5.27. The Balaban J connectivity index is 3.16. The minimum absolute atomic E-state index is 0.350. The zero-order valence-electron chi connectivity index (χ0n) is 5.71. The molecular weight excluding hydrogens is 187 g/mol. The van der Waals surface area contributed by atoms with Gasteiger partial charge in [0.15, 0.2) is 11.0 Å². The Hall–Kier alpha value is -1.20. The van der Waals surface area contributed by atoms with Gasteiger partial charge in [0.1, 0.15) is 0 Å². The van der Waals surface area contributed by atoms with Gasteiger partial charge in [-0.25, -0.2) is 14.9 Å². The number of pyridine rings is 1. The van der Waals surface area contributed by atoms with Crippen molar-refractivity contribution in [2.75, 3.05) is 0 Å². The molecule has 1 rings (SSSR count). The summed E-state index contributed by atoms with van der Waals surface area (Å²) in [6.45, 7) is 0. The Bertz CT molecular complexity index is 318. The highest BCUT2D eigenvalue weighted by Gasteiger charge is 2.13. The Morgan fingerprint density at radius 2 is 2.42 bits per heavy atom. The number of nitrogens with zero attached hydrogens (tertiary/aromatic N) is 1. The van der Waals surface area contributed by atoms with Crippen LogP contribution in [0.4, 0.5) is 4.39 Å². The second-order valence-electron chi connectivity index (χ2n) is 1.90.